The number of carbonyl (C=O) groups is 1. The number of carbonyl (C=O) groups excluding carboxylic acids is 1. The van der Waals surface area contributed by atoms with Gasteiger partial charge in [0.2, 0.25) is 5.85 Å². The first-order valence-electron chi connectivity index (χ1n) is 9.91. The van der Waals surface area contributed by atoms with Crippen LogP contribution in [-0.2, 0) is 14.1 Å². The van der Waals surface area contributed by atoms with E-state index in [9.17, 15) is 29.4 Å². The van der Waals surface area contributed by atoms with Gasteiger partial charge in [-0.05, 0) is 20.3 Å². The minimum Gasteiger partial charge on any atom is -0.390 e. The summed E-state index contributed by atoms with van der Waals surface area (Å²) < 4.78 is 18.5. The van der Waals surface area contributed by atoms with Gasteiger partial charge in [0.25, 0.3) is 5.91 Å². The molecule has 2 heterocycles. The number of rotatable bonds is 9. The Morgan fingerprint density at radius 2 is 2.00 bits per heavy atom. The van der Waals surface area contributed by atoms with Gasteiger partial charge in [-0.3, -0.25) is 9.36 Å². The molecule has 1 aliphatic rings. The molecule has 14 heteroatoms. The molecule has 0 radical (unpaired) electrons. The normalized spacial score (nSPS) is 25.0. The van der Waals surface area contributed by atoms with Gasteiger partial charge >= 0.3 is 7.60 Å². The van der Waals surface area contributed by atoms with Crippen molar-refractivity contribution in [3.05, 3.63) is 12.7 Å². The number of anilines is 1. The summed E-state index contributed by atoms with van der Waals surface area (Å²) in [5.74, 6) is -3.05. The van der Waals surface area contributed by atoms with Crippen LogP contribution < -0.4 is 10.6 Å². The number of aromatic nitrogens is 4. The maximum Gasteiger partial charge on any atom is 0.363 e. The van der Waals surface area contributed by atoms with Crippen LogP contribution in [0.25, 0.3) is 11.2 Å². The van der Waals surface area contributed by atoms with Crippen molar-refractivity contribution in [2.75, 3.05) is 25.0 Å². The van der Waals surface area contributed by atoms with Gasteiger partial charge in [0.05, 0.1) is 25.1 Å². The molecule has 0 spiro atoms. The van der Waals surface area contributed by atoms with Crippen LogP contribution in [0.15, 0.2) is 12.7 Å². The SMILES string of the molecule is CCNC(=O)C(OC[C@H]1C[C@@H](n2cnc3c(NCC)ncnc32)[C@H](O)[C@@H]1O)P(=O)(O)O. The van der Waals surface area contributed by atoms with Crippen LogP contribution in [0.4, 0.5) is 5.82 Å². The number of hydrogen-bond donors (Lipinski definition) is 6. The second-order valence-corrected chi connectivity index (χ2v) is 8.94. The van der Waals surface area contributed by atoms with Crippen molar-refractivity contribution in [2.45, 2.75) is 44.4 Å². The smallest absolute Gasteiger partial charge is 0.363 e. The van der Waals surface area contributed by atoms with Crippen molar-refractivity contribution >= 4 is 30.5 Å². The Balaban J connectivity index is 1.77. The van der Waals surface area contributed by atoms with E-state index in [0.717, 1.165) is 0 Å². The summed E-state index contributed by atoms with van der Waals surface area (Å²) in [6.07, 6.45) is 0.661. The molecule has 0 bridgehead atoms. The summed E-state index contributed by atoms with van der Waals surface area (Å²) in [6, 6.07) is -0.601. The van der Waals surface area contributed by atoms with E-state index in [-0.39, 0.29) is 19.6 Å². The Morgan fingerprint density at radius 3 is 2.65 bits per heavy atom. The first-order valence-corrected chi connectivity index (χ1v) is 11.6. The van der Waals surface area contributed by atoms with Crippen LogP contribution in [0.3, 0.4) is 0 Å². The zero-order chi connectivity index (χ0) is 22.8. The predicted molar refractivity (Wildman–Crippen MR) is 109 cm³/mol. The third-order valence-corrected chi connectivity index (χ3v) is 6.18. The maximum absolute atomic E-state index is 12.0. The first kappa shape index (κ1) is 23.5. The van der Waals surface area contributed by atoms with Crippen molar-refractivity contribution in [2.24, 2.45) is 5.92 Å². The molecule has 0 aliphatic heterocycles. The molecule has 172 valence electrons. The summed E-state index contributed by atoms with van der Waals surface area (Å²) in [5, 5.41) is 26.5. The number of nitrogens with one attached hydrogen (secondary N) is 2. The number of aliphatic hydroxyl groups is 2. The monoisotopic (exact) mass is 458 g/mol. The second kappa shape index (κ2) is 9.55. The number of likely N-dealkylation sites (N-methyl/N-ethyl adjacent to an activating group) is 1. The lowest BCUT2D eigenvalue weighted by Gasteiger charge is -2.22. The van der Waals surface area contributed by atoms with E-state index < -0.39 is 43.5 Å². The molecule has 31 heavy (non-hydrogen) atoms. The van der Waals surface area contributed by atoms with Gasteiger partial charge in [0.1, 0.15) is 17.9 Å². The highest BCUT2D eigenvalue weighted by atomic mass is 31.2. The molecule has 0 aromatic carbocycles. The van der Waals surface area contributed by atoms with E-state index in [2.05, 4.69) is 25.6 Å². The van der Waals surface area contributed by atoms with E-state index in [1.165, 1.54) is 12.7 Å². The second-order valence-electron chi connectivity index (χ2n) is 7.29. The predicted octanol–water partition coefficient (Wildman–Crippen LogP) is -0.803. The molecule has 2 aromatic rings. The lowest BCUT2D eigenvalue weighted by Crippen LogP contribution is -2.38. The zero-order valence-corrected chi connectivity index (χ0v) is 18.0. The zero-order valence-electron chi connectivity index (χ0n) is 17.1. The number of hydrogen-bond acceptors (Lipinski definition) is 9. The summed E-state index contributed by atoms with van der Waals surface area (Å²) in [6.45, 7) is 4.01. The topological polar surface area (TPSA) is 192 Å². The quantitative estimate of drug-likeness (QED) is 0.258. The third kappa shape index (κ3) is 4.86. The minimum atomic E-state index is -4.88. The average Bonchev–Trinajstić information content (AvgIpc) is 3.24. The molecule has 1 amide bonds. The van der Waals surface area contributed by atoms with E-state index in [1.807, 2.05) is 6.92 Å². The highest BCUT2D eigenvalue weighted by Gasteiger charge is 2.45. The van der Waals surface area contributed by atoms with Crippen LogP contribution in [-0.4, -0.2) is 83.2 Å². The Labute approximate surface area is 178 Å². The molecule has 1 fully saturated rings. The number of nitrogens with zero attached hydrogens (tertiary/aromatic N) is 4. The lowest BCUT2D eigenvalue weighted by atomic mass is 10.1. The van der Waals surface area contributed by atoms with Crippen LogP contribution in [0.2, 0.25) is 0 Å². The molecule has 13 nitrogen and oxygen atoms in total. The summed E-state index contributed by atoms with van der Waals surface area (Å²) in [5.41, 5.74) is 0.989. The molecular weight excluding hydrogens is 431 g/mol. The van der Waals surface area contributed by atoms with Crippen molar-refractivity contribution in [1.82, 2.24) is 24.8 Å². The summed E-state index contributed by atoms with van der Waals surface area (Å²) in [7, 11) is -4.88. The Morgan fingerprint density at radius 1 is 1.26 bits per heavy atom. The van der Waals surface area contributed by atoms with Crippen LogP contribution in [0.1, 0.15) is 26.3 Å². The standard InChI is InChI=1S/C17H27N6O7P/c1-3-18-14-11-15(21-7-20-14)23(8-22-11)10-5-9(12(24)13(10)25)6-30-17(31(27,28)29)16(26)19-4-2/h7-10,12-13,17,24-25H,3-6H2,1-2H3,(H,19,26)(H,18,20,21)(H2,27,28,29)/t9-,10-,12-,13+,17?/m1/s1. The van der Waals surface area contributed by atoms with Gasteiger partial charge in [0, 0.05) is 19.0 Å². The van der Waals surface area contributed by atoms with E-state index >= 15 is 0 Å². The van der Waals surface area contributed by atoms with E-state index in [1.54, 1.807) is 11.5 Å². The van der Waals surface area contributed by atoms with Crippen molar-refractivity contribution in [3.8, 4) is 0 Å². The maximum atomic E-state index is 12.0. The molecule has 3 rings (SSSR count). The van der Waals surface area contributed by atoms with Crippen LogP contribution in [0.5, 0.6) is 0 Å². The van der Waals surface area contributed by atoms with Crippen molar-refractivity contribution < 1.29 is 34.1 Å². The molecule has 5 atom stereocenters. The minimum absolute atomic E-state index is 0.177. The van der Waals surface area contributed by atoms with E-state index in [4.69, 9.17) is 4.74 Å². The van der Waals surface area contributed by atoms with Gasteiger partial charge in [-0.15, -0.1) is 0 Å². The van der Waals surface area contributed by atoms with E-state index in [0.29, 0.717) is 23.5 Å². The number of ether oxygens (including phenoxy) is 1. The van der Waals surface area contributed by atoms with Gasteiger partial charge in [-0.25, -0.2) is 15.0 Å². The van der Waals surface area contributed by atoms with Gasteiger partial charge < -0.3 is 39.9 Å². The van der Waals surface area contributed by atoms with Crippen molar-refractivity contribution in [1.29, 1.82) is 0 Å². The first-order chi connectivity index (χ1) is 14.7. The van der Waals surface area contributed by atoms with Gasteiger partial charge in [0.15, 0.2) is 11.5 Å². The molecule has 1 aliphatic carbocycles. The number of fused-ring (bicyclic) bond motifs is 1. The molecule has 2 aromatic heterocycles. The summed E-state index contributed by atoms with van der Waals surface area (Å²) >= 11 is 0. The highest BCUT2D eigenvalue weighted by Crippen LogP contribution is 2.43. The Hall–Kier alpha value is -2.15. The highest BCUT2D eigenvalue weighted by molar-refractivity contribution is 7.53. The van der Waals surface area contributed by atoms with Gasteiger partial charge in [-0.1, -0.05) is 0 Å². The Kier molecular flexibility index (Phi) is 7.24. The Bertz CT molecular complexity index is 966. The molecule has 6 N–H and O–H groups in total. The fourth-order valence-corrected chi connectivity index (χ4v) is 4.41. The number of aliphatic hydroxyl groups excluding tert-OH is 2. The fourth-order valence-electron chi connectivity index (χ4n) is 3.73. The molecule has 1 saturated carbocycles. The average molecular weight is 458 g/mol. The third-order valence-electron chi connectivity index (χ3n) is 5.18. The van der Waals surface area contributed by atoms with Crippen LogP contribution >= 0.6 is 7.60 Å². The van der Waals surface area contributed by atoms with Crippen molar-refractivity contribution in [3.63, 3.8) is 0 Å². The molecule has 1 unspecified atom stereocenters. The van der Waals surface area contributed by atoms with Crippen LogP contribution in [0, 0.1) is 5.92 Å². The number of imidazole rings is 1. The number of amides is 1. The fraction of sp³-hybridized carbons (Fsp3) is 0.647. The largest absolute Gasteiger partial charge is 0.390 e. The van der Waals surface area contributed by atoms with Gasteiger partial charge in [-0.2, -0.15) is 0 Å². The molecule has 0 saturated heterocycles. The summed E-state index contributed by atoms with van der Waals surface area (Å²) in [4.78, 5) is 43.5. The molecular formula is C17H27N6O7P. The lowest BCUT2D eigenvalue weighted by molar-refractivity contribution is -0.130.